The summed E-state index contributed by atoms with van der Waals surface area (Å²) in [5, 5.41) is 5.40. The third-order valence-electron chi connectivity index (χ3n) is 4.69. The van der Waals surface area contributed by atoms with Gasteiger partial charge in [-0.3, -0.25) is 4.57 Å². The van der Waals surface area contributed by atoms with Gasteiger partial charge in [0.1, 0.15) is 0 Å². The Kier molecular flexibility index (Phi) is 3.39. The van der Waals surface area contributed by atoms with E-state index in [0.29, 0.717) is 12.2 Å². The summed E-state index contributed by atoms with van der Waals surface area (Å²) in [7, 11) is 0. The van der Waals surface area contributed by atoms with E-state index in [4.69, 9.17) is 0 Å². The van der Waals surface area contributed by atoms with Crippen LogP contribution in [0.5, 0.6) is 0 Å². The van der Waals surface area contributed by atoms with Crippen LogP contribution in [0.15, 0.2) is 71.9 Å². The fourth-order valence-electron chi connectivity index (χ4n) is 3.42. The quantitative estimate of drug-likeness (QED) is 0.498. The van der Waals surface area contributed by atoms with Gasteiger partial charge in [0.05, 0.1) is 23.1 Å². The first-order valence-corrected chi connectivity index (χ1v) is 8.74. The van der Waals surface area contributed by atoms with Crippen LogP contribution in [0, 0.1) is 0 Å². The molecule has 1 aromatic carbocycles. The predicted octanol–water partition coefficient (Wildman–Crippen LogP) is 2.94. The van der Waals surface area contributed by atoms with E-state index in [-0.39, 0.29) is 5.69 Å². The Labute approximate surface area is 154 Å². The van der Waals surface area contributed by atoms with Crippen LogP contribution < -0.4 is 5.69 Å². The van der Waals surface area contributed by atoms with Gasteiger partial charge >= 0.3 is 5.69 Å². The molecule has 7 heteroatoms. The highest BCUT2D eigenvalue weighted by molar-refractivity contribution is 5.76. The van der Waals surface area contributed by atoms with E-state index in [1.54, 1.807) is 32.4 Å². The molecule has 4 aromatic heterocycles. The van der Waals surface area contributed by atoms with E-state index in [1.807, 2.05) is 55.5 Å². The van der Waals surface area contributed by atoms with Crippen LogP contribution in [0.3, 0.4) is 0 Å². The van der Waals surface area contributed by atoms with Crippen LogP contribution in [0.1, 0.15) is 6.92 Å². The fourth-order valence-corrected chi connectivity index (χ4v) is 3.42. The van der Waals surface area contributed by atoms with Gasteiger partial charge in [-0.1, -0.05) is 0 Å². The molecule has 0 aliphatic carbocycles. The highest BCUT2D eigenvalue weighted by atomic mass is 16.1. The molecular weight excluding hydrogens is 340 g/mol. The van der Waals surface area contributed by atoms with Crippen molar-refractivity contribution in [3.05, 3.63) is 77.6 Å². The highest BCUT2D eigenvalue weighted by Crippen LogP contribution is 2.19. The van der Waals surface area contributed by atoms with Gasteiger partial charge < -0.3 is 0 Å². The summed E-state index contributed by atoms with van der Waals surface area (Å²) >= 11 is 0. The van der Waals surface area contributed by atoms with Gasteiger partial charge in [-0.15, -0.1) is 0 Å². The van der Waals surface area contributed by atoms with Gasteiger partial charge in [0.2, 0.25) is 0 Å². The molecule has 0 aliphatic rings. The number of aryl methyl sites for hydroxylation is 1. The largest absolute Gasteiger partial charge is 0.334 e. The molecule has 7 nitrogen and oxygen atoms in total. The standard InChI is InChI=1S/C20H16N6O/c1-2-24-17-6-4-12-22-19(17)25(20(24)27)15-7-9-16(10-8-15)26-18-14(13-23-26)5-3-11-21-18/h3-13H,2H2,1H3. The average molecular weight is 356 g/mol. The van der Waals surface area contributed by atoms with E-state index in [0.717, 1.165) is 27.9 Å². The first kappa shape index (κ1) is 15.5. The second-order valence-corrected chi connectivity index (χ2v) is 6.20. The molecule has 0 atom stereocenters. The van der Waals surface area contributed by atoms with Crippen molar-refractivity contribution in [1.29, 1.82) is 0 Å². The van der Waals surface area contributed by atoms with Crippen LogP contribution in [-0.4, -0.2) is 28.9 Å². The molecule has 0 unspecified atom stereocenters. The van der Waals surface area contributed by atoms with E-state index in [2.05, 4.69) is 15.1 Å². The molecule has 0 radical (unpaired) electrons. The van der Waals surface area contributed by atoms with Gasteiger partial charge in [0, 0.05) is 24.3 Å². The Bertz CT molecular complexity index is 1330. The molecule has 0 saturated carbocycles. The van der Waals surface area contributed by atoms with Crippen molar-refractivity contribution in [3.8, 4) is 11.4 Å². The Morgan fingerprint density at radius 1 is 0.889 bits per heavy atom. The molecule has 0 aliphatic heterocycles. The summed E-state index contributed by atoms with van der Waals surface area (Å²) in [6.45, 7) is 2.55. The number of hydrogen-bond donors (Lipinski definition) is 0. The minimum absolute atomic E-state index is 0.0924. The van der Waals surface area contributed by atoms with E-state index in [1.165, 1.54) is 0 Å². The van der Waals surface area contributed by atoms with E-state index in [9.17, 15) is 4.79 Å². The lowest BCUT2D eigenvalue weighted by molar-refractivity contribution is 0.734. The van der Waals surface area contributed by atoms with Gasteiger partial charge in [0.25, 0.3) is 0 Å². The molecule has 5 aromatic rings. The number of imidazole rings is 1. The molecule has 0 saturated heterocycles. The summed E-state index contributed by atoms with van der Waals surface area (Å²) in [5.41, 5.74) is 3.84. The molecule has 0 amide bonds. The summed E-state index contributed by atoms with van der Waals surface area (Å²) in [5.74, 6) is 0. The first-order valence-electron chi connectivity index (χ1n) is 8.74. The van der Waals surface area contributed by atoms with Crippen LogP contribution in [0.2, 0.25) is 0 Å². The van der Waals surface area contributed by atoms with Gasteiger partial charge in [-0.2, -0.15) is 5.10 Å². The van der Waals surface area contributed by atoms with Crippen LogP contribution in [0.25, 0.3) is 33.6 Å². The third-order valence-corrected chi connectivity index (χ3v) is 4.69. The van der Waals surface area contributed by atoms with Crippen molar-refractivity contribution in [2.45, 2.75) is 13.5 Å². The molecule has 132 valence electrons. The van der Waals surface area contributed by atoms with Crippen molar-refractivity contribution in [2.24, 2.45) is 0 Å². The Morgan fingerprint density at radius 2 is 1.59 bits per heavy atom. The van der Waals surface area contributed by atoms with Crippen molar-refractivity contribution in [1.82, 2.24) is 28.9 Å². The van der Waals surface area contributed by atoms with Crippen molar-refractivity contribution < 1.29 is 0 Å². The van der Waals surface area contributed by atoms with Gasteiger partial charge in [-0.05, 0) is 55.5 Å². The van der Waals surface area contributed by atoms with Crippen molar-refractivity contribution in [2.75, 3.05) is 0 Å². The van der Waals surface area contributed by atoms with Crippen LogP contribution >= 0.6 is 0 Å². The number of pyridine rings is 2. The first-order chi connectivity index (χ1) is 13.3. The predicted molar refractivity (Wildman–Crippen MR) is 103 cm³/mol. The second-order valence-electron chi connectivity index (χ2n) is 6.20. The lowest BCUT2D eigenvalue weighted by Gasteiger charge is -2.06. The Morgan fingerprint density at radius 3 is 2.37 bits per heavy atom. The van der Waals surface area contributed by atoms with E-state index >= 15 is 0 Å². The lowest BCUT2D eigenvalue weighted by Crippen LogP contribution is -2.22. The highest BCUT2D eigenvalue weighted by Gasteiger charge is 2.14. The molecule has 0 N–H and O–H groups in total. The number of nitrogens with zero attached hydrogens (tertiary/aromatic N) is 6. The zero-order chi connectivity index (χ0) is 18.4. The summed E-state index contributed by atoms with van der Waals surface area (Å²) in [4.78, 5) is 21.7. The molecule has 5 rings (SSSR count). The Hall–Kier alpha value is -3.74. The van der Waals surface area contributed by atoms with Crippen molar-refractivity contribution >= 4 is 22.2 Å². The fraction of sp³-hybridized carbons (Fsp3) is 0.100. The number of rotatable bonds is 3. The normalized spacial score (nSPS) is 11.4. The monoisotopic (exact) mass is 356 g/mol. The second kappa shape index (κ2) is 5.91. The molecule has 0 spiro atoms. The molecule has 4 heterocycles. The zero-order valence-corrected chi connectivity index (χ0v) is 14.6. The molecule has 0 bridgehead atoms. The summed E-state index contributed by atoms with van der Waals surface area (Å²) in [6.07, 6.45) is 5.24. The van der Waals surface area contributed by atoms with Gasteiger partial charge in [0.15, 0.2) is 11.3 Å². The zero-order valence-electron chi connectivity index (χ0n) is 14.6. The molecule has 27 heavy (non-hydrogen) atoms. The number of benzene rings is 1. The SMILES string of the molecule is CCn1c(=O)n(-c2ccc(-n3ncc4cccnc43)cc2)c2ncccc21. The number of hydrogen-bond acceptors (Lipinski definition) is 4. The van der Waals surface area contributed by atoms with Gasteiger partial charge in [-0.25, -0.2) is 24.0 Å². The van der Waals surface area contributed by atoms with Crippen LogP contribution in [0.4, 0.5) is 0 Å². The summed E-state index contributed by atoms with van der Waals surface area (Å²) in [6, 6.07) is 15.3. The minimum atomic E-state index is -0.0924. The smallest absolute Gasteiger partial charge is 0.290 e. The lowest BCUT2D eigenvalue weighted by atomic mass is 10.2. The minimum Gasteiger partial charge on any atom is -0.290 e. The molecule has 0 fully saturated rings. The molecular formula is C20H16N6O. The average Bonchev–Trinajstić information content (AvgIpc) is 3.26. The van der Waals surface area contributed by atoms with Crippen LogP contribution in [-0.2, 0) is 6.54 Å². The summed E-state index contributed by atoms with van der Waals surface area (Å²) < 4.78 is 5.15. The maximum Gasteiger partial charge on any atom is 0.334 e. The topological polar surface area (TPSA) is 70.5 Å². The Balaban J connectivity index is 1.66. The maximum absolute atomic E-state index is 12.9. The third kappa shape index (κ3) is 2.28. The number of fused-ring (bicyclic) bond motifs is 2. The van der Waals surface area contributed by atoms with Crippen molar-refractivity contribution in [3.63, 3.8) is 0 Å². The number of aromatic nitrogens is 6. The van der Waals surface area contributed by atoms with E-state index < -0.39 is 0 Å². The maximum atomic E-state index is 12.9.